The fourth-order valence-electron chi connectivity index (χ4n) is 3.09. The Hall–Kier alpha value is -3.02. The Balaban J connectivity index is 1.55. The van der Waals surface area contributed by atoms with Crippen molar-refractivity contribution < 1.29 is 13.7 Å². The highest BCUT2D eigenvalue weighted by atomic mass is 19.1. The number of nitrogens with zero attached hydrogens (tertiary/aromatic N) is 3. The summed E-state index contributed by atoms with van der Waals surface area (Å²) in [6, 6.07) is 12.7. The van der Waals surface area contributed by atoms with Gasteiger partial charge in [0, 0.05) is 24.2 Å². The Morgan fingerprint density at radius 2 is 1.92 bits per heavy atom. The second-order valence-corrected chi connectivity index (χ2v) is 6.66. The van der Waals surface area contributed by atoms with Gasteiger partial charge < -0.3 is 9.42 Å². The van der Waals surface area contributed by atoms with Crippen LogP contribution in [0, 0.1) is 19.7 Å². The number of hydrogen-bond donors (Lipinski definition) is 0. The Labute approximate surface area is 150 Å². The van der Waals surface area contributed by atoms with Gasteiger partial charge in [0.15, 0.2) is 0 Å². The maximum absolute atomic E-state index is 13.8. The van der Waals surface area contributed by atoms with E-state index in [0.717, 1.165) is 11.1 Å². The third-order valence-corrected chi connectivity index (χ3v) is 4.69. The van der Waals surface area contributed by atoms with Crippen molar-refractivity contribution in [1.29, 1.82) is 0 Å². The third kappa shape index (κ3) is 2.98. The molecule has 0 spiro atoms. The summed E-state index contributed by atoms with van der Waals surface area (Å²) < 4.78 is 19.2. The van der Waals surface area contributed by atoms with E-state index in [9.17, 15) is 9.18 Å². The molecule has 1 aromatic heterocycles. The molecule has 1 fully saturated rings. The van der Waals surface area contributed by atoms with Crippen LogP contribution in [0.25, 0.3) is 11.4 Å². The van der Waals surface area contributed by atoms with Crippen LogP contribution in [0.4, 0.5) is 10.1 Å². The number of aromatic nitrogens is 2. The molecule has 3 aromatic rings. The number of amides is 1. The zero-order chi connectivity index (χ0) is 18.3. The molecule has 0 aliphatic carbocycles. The number of anilines is 1. The Morgan fingerprint density at radius 3 is 2.65 bits per heavy atom. The first-order valence-corrected chi connectivity index (χ1v) is 8.48. The van der Waals surface area contributed by atoms with Crippen LogP contribution in [0.2, 0.25) is 0 Å². The maximum Gasteiger partial charge on any atom is 0.232 e. The van der Waals surface area contributed by atoms with Crippen LogP contribution in [0.3, 0.4) is 0 Å². The lowest BCUT2D eigenvalue weighted by Crippen LogP contribution is -2.24. The molecule has 5 nitrogen and oxygen atoms in total. The normalized spacial score (nSPS) is 17.1. The van der Waals surface area contributed by atoms with E-state index in [4.69, 9.17) is 4.52 Å². The zero-order valence-electron chi connectivity index (χ0n) is 14.6. The molecule has 0 bridgehead atoms. The predicted molar refractivity (Wildman–Crippen MR) is 95.3 cm³/mol. The molecule has 6 heteroatoms. The highest BCUT2D eigenvalue weighted by Gasteiger charge is 2.35. The van der Waals surface area contributed by atoms with Gasteiger partial charge in [-0.3, -0.25) is 4.79 Å². The lowest BCUT2D eigenvalue weighted by molar-refractivity contribution is -0.117. The van der Waals surface area contributed by atoms with Crippen LogP contribution < -0.4 is 4.90 Å². The van der Waals surface area contributed by atoms with Gasteiger partial charge in [0.1, 0.15) is 5.82 Å². The summed E-state index contributed by atoms with van der Waals surface area (Å²) in [5.41, 5.74) is 3.13. The van der Waals surface area contributed by atoms with Gasteiger partial charge in [0.25, 0.3) is 0 Å². The Bertz CT molecular complexity index is 965. The Kier molecular flexibility index (Phi) is 4.03. The van der Waals surface area contributed by atoms with Crippen molar-refractivity contribution >= 4 is 11.6 Å². The molecule has 1 atom stereocenters. The molecular formula is C20H18FN3O2. The maximum atomic E-state index is 13.8. The van der Waals surface area contributed by atoms with Gasteiger partial charge in [-0.15, -0.1) is 0 Å². The van der Waals surface area contributed by atoms with E-state index in [-0.39, 0.29) is 24.1 Å². The first-order chi connectivity index (χ1) is 12.5. The van der Waals surface area contributed by atoms with Crippen molar-refractivity contribution in [3.05, 3.63) is 65.3 Å². The van der Waals surface area contributed by atoms with Gasteiger partial charge in [-0.25, -0.2) is 4.39 Å². The molecule has 2 heterocycles. The van der Waals surface area contributed by atoms with E-state index in [0.29, 0.717) is 29.5 Å². The quantitative estimate of drug-likeness (QED) is 0.715. The van der Waals surface area contributed by atoms with Crippen LogP contribution >= 0.6 is 0 Å². The lowest BCUT2D eigenvalue weighted by Gasteiger charge is -2.16. The molecule has 0 saturated carbocycles. The molecule has 1 saturated heterocycles. The summed E-state index contributed by atoms with van der Waals surface area (Å²) in [7, 11) is 0. The molecule has 26 heavy (non-hydrogen) atoms. The van der Waals surface area contributed by atoms with Crippen molar-refractivity contribution in [2.45, 2.75) is 26.2 Å². The zero-order valence-corrected chi connectivity index (χ0v) is 14.6. The molecule has 132 valence electrons. The number of hydrogen-bond acceptors (Lipinski definition) is 4. The van der Waals surface area contributed by atoms with Gasteiger partial charge in [-0.05, 0) is 31.5 Å². The highest BCUT2D eigenvalue weighted by molar-refractivity contribution is 5.96. The highest BCUT2D eigenvalue weighted by Crippen LogP contribution is 2.32. The molecule has 0 N–H and O–H groups in total. The summed E-state index contributed by atoms with van der Waals surface area (Å²) in [5, 5.41) is 4.03. The largest absolute Gasteiger partial charge is 0.339 e. The molecule has 4 rings (SSSR count). The summed E-state index contributed by atoms with van der Waals surface area (Å²) in [4.78, 5) is 18.4. The smallest absolute Gasteiger partial charge is 0.232 e. The van der Waals surface area contributed by atoms with Gasteiger partial charge >= 0.3 is 0 Å². The van der Waals surface area contributed by atoms with Crippen molar-refractivity contribution in [2.24, 2.45) is 0 Å². The fourth-order valence-corrected chi connectivity index (χ4v) is 3.09. The second-order valence-electron chi connectivity index (χ2n) is 6.66. The van der Waals surface area contributed by atoms with E-state index in [1.807, 2.05) is 31.2 Å². The molecule has 0 unspecified atom stereocenters. The second kappa shape index (κ2) is 6.37. The standard InChI is InChI=1S/C20H18FN3O2/c1-12-3-6-14(7-4-12)19-22-20(26-23-19)15-9-18(25)24(11-15)16-8-5-13(2)17(21)10-16/h3-8,10,15H,9,11H2,1-2H3/t15-/m0/s1. The molecule has 1 amide bonds. The monoisotopic (exact) mass is 351 g/mol. The van der Waals surface area contributed by atoms with Crippen LogP contribution in [-0.4, -0.2) is 22.6 Å². The van der Waals surface area contributed by atoms with E-state index in [2.05, 4.69) is 10.1 Å². The summed E-state index contributed by atoms with van der Waals surface area (Å²) in [6.07, 6.45) is 0.269. The number of halogens is 1. The average molecular weight is 351 g/mol. The molecular weight excluding hydrogens is 333 g/mol. The molecule has 1 aliphatic heterocycles. The molecule has 0 radical (unpaired) electrons. The number of aryl methyl sites for hydroxylation is 2. The van der Waals surface area contributed by atoms with Crippen molar-refractivity contribution in [3.63, 3.8) is 0 Å². The topological polar surface area (TPSA) is 59.2 Å². The van der Waals surface area contributed by atoms with Gasteiger partial charge in [0.2, 0.25) is 17.6 Å². The average Bonchev–Trinajstić information content (AvgIpc) is 3.25. The fraction of sp³-hybridized carbons (Fsp3) is 0.250. The number of rotatable bonds is 3. The van der Waals surface area contributed by atoms with Crippen molar-refractivity contribution in [2.75, 3.05) is 11.4 Å². The number of carbonyl (C=O) groups is 1. The van der Waals surface area contributed by atoms with Crippen molar-refractivity contribution in [3.8, 4) is 11.4 Å². The first kappa shape index (κ1) is 16.4. The van der Waals surface area contributed by atoms with Crippen LogP contribution in [0.15, 0.2) is 47.0 Å². The number of carbonyl (C=O) groups excluding carboxylic acids is 1. The molecule has 2 aromatic carbocycles. The minimum absolute atomic E-state index is 0.0756. The van der Waals surface area contributed by atoms with E-state index in [1.165, 1.54) is 6.07 Å². The summed E-state index contributed by atoms with van der Waals surface area (Å²) >= 11 is 0. The van der Waals surface area contributed by atoms with Crippen LogP contribution in [-0.2, 0) is 4.79 Å². The van der Waals surface area contributed by atoms with E-state index in [1.54, 1.807) is 24.0 Å². The van der Waals surface area contributed by atoms with Crippen molar-refractivity contribution in [1.82, 2.24) is 10.1 Å². The summed E-state index contributed by atoms with van der Waals surface area (Å²) in [6.45, 7) is 4.10. The van der Waals surface area contributed by atoms with E-state index >= 15 is 0 Å². The summed E-state index contributed by atoms with van der Waals surface area (Å²) in [5.74, 6) is 0.349. The minimum atomic E-state index is -0.321. The van der Waals surface area contributed by atoms with Crippen LogP contribution in [0.5, 0.6) is 0 Å². The third-order valence-electron chi connectivity index (χ3n) is 4.69. The first-order valence-electron chi connectivity index (χ1n) is 8.48. The van der Waals surface area contributed by atoms with Gasteiger partial charge in [0.05, 0.1) is 5.92 Å². The minimum Gasteiger partial charge on any atom is -0.339 e. The predicted octanol–water partition coefficient (Wildman–Crippen LogP) is 4.01. The van der Waals surface area contributed by atoms with E-state index < -0.39 is 0 Å². The SMILES string of the molecule is Cc1ccc(-c2noc([C@H]3CC(=O)N(c4ccc(C)c(F)c4)C3)n2)cc1. The van der Waals surface area contributed by atoms with Crippen LogP contribution in [0.1, 0.15) is 29.4 Å². The lowest BCUT2D eigenvalue weighted by atomic mass is 10.1. The van der Waals surface area contributed by atoms with Gasteiger partial charge in [-0.2, -0.15) is 4.98 Å². The number of benzene rings is 2. The Morgan fingerprint density at radius 1 is 1.15 bits per heavy atom. The molecule has 1 aliphatic rings. The van der Waals surface area contributed by atoms with Gasteiger partial charge in [-0.1, -0.05) is 41.1 Å².